The number of carbonyl (C=O) groups is 2. The summed E-state index contributed by atoms with van der Waals surface area (Å²) in [6, 6.07) is 0. The van der Waals surface area contributed by atoms with Crippen molar-refractivity contribution in [3.05, 3.63) is 0 Å². The predicted octanol–water partition coefficient (Wildman–Crippen LogP) is 0.576. The Kier molecular flexibility index (Phi) is 6.40. The van der Waals surface area contributed by atoms with Gasteiger partial charge < -0.3 is 10.4 Å². The molecule has 1 amide bonds. The van der Waals surface area contributed by atoms with Gasteiger partial charge in [0.25, 0.3) is 0 Å². The zero-order valence-corrected chi connectivity index (χ0v) is 8.69. The lowest BCUT2D eigenvalue weighted by Gasteiger charge is -2.04. The zero-order valence-electron chi connectivity index (χ0n) is 7.87. The van der Waals surface area contributed by atoms with Gasteiger partial charge in [-0.2, -0.15) is 11.8 Å². The SMILES string of the molecule is CNC(=O)CCSCC(C)C(=O)O. The number of aliphatic carboxylic acids is 1. The molecule has 1 unspecified atom stereocenters. The number of carbonyl (C=O) groups excluding carboxylic acids is 1. The van der Waals surface area contributed by atoms with Crippen molar-refractivity contribution in [3.63, 3.8) is 0 Å². The molecule has 0 aromatic heterocycles. The Morgan fingerprint density at radius 2 is 2.15 bits per heavy atom. The molecule has 0 fully saturated rings. The number of carboxylic acids is 1. The topological polar surface area (TPSA) is 66.4 Å². The molecule has 0 spiro atoms. The van der Waals surface area contributed by atoms with Crippen molar-refractivity contribution in [2.75, 3.05) is 18.6 Å². The number of hydrogen-bond donors (Lipinski definition) is 2. The van der Waals surface area contributed by atoms with Crippen LogP contribution in [0.2, 0.25) is 0 Å². The van der Waals surface area contributed by atoms with Gasteiger partial charge in [-0.25, -0.2) is 0 Å². The summed E-state index contributed by atoms with van der Waals surface area (Å²) in [5.41, 5.74) is 0. The molecule has 76 valence electrons. The van der Waals surface area contributed by atoms with Gasteiger partial charge in [-0.1, -0.05) is 6.92 Å². The highest BCUT2D eigenvalue weighted by atomic mass is 32.2. The molecule has 2 N–H and O–H groups in total. The third kappa shape index (κ3) is 6.45. The quantitative estimate of drug-likeness (QED) is 0.622. The van der Waals surface area contributed by atoms with Gasteiger partial charge in [0, 0.05) is 25.0 Å². The number of thioether (sulfide) groups is 1. The molecule has 0 aliphatic rings. The first-order chi connectivity index (χ1) is 6.07. The van der Waals surface area contributed by atoms with Crippen LogP contribution in [0.3, 0.4) is 0 Å². The minimum atomic E-state index is -0.785. The Morgan fingerprint density at radius 3 is 2.62 bits per heavy atom. The molecule has 0 bridgehead atoms. The lowest BCUT2D eigenvalue weighted by atomic mass is 10.2. The first-order valence-electron chi connectivity index (χ1n) is 4.09. The maximum Gasteiger partial charge on any atom is 0.307 e. The van der Waals surface area contributed by atoms with Crippen LogP contribution in [0.25, 0.3) is 0 Å². The molecule has 0 saturated heterocycles. The molecule has 1 atom stereocenters. The van der Waals surface area contributed by atoms with Gasteiger partial charge in [0.05, 0.1) is 5.92 Å². The second-order valence-corrected chi connectivity index (χ2v) is 3.89. The van der Waals surface area contributed by atoms with Crippen molar-refractivity contribution in [3.8, 4) is 0 Å². The molecule has 0 saturated carbocycles. The number of carboxylic acid groups (broad SMARTS) is 1. The summed E-state index contributed by atoms with van der Waals surface area (Å²) in [4.78, 5) is 21.1. The van der Waals surface area contributed by atoms with Crippen LogP contribution in [0, 0.1) is 5.92 Å². The molecule has 0 aromatic carbocycles. The van der Waals surface area contributed by atoms with E-state index in [0.717, 1.165) is 0 Å². The van der Waals surface area contributed by atoms with Crippen LogP contribution in [0.1, 0.15) is 13.3 Å². The van der Waals surface area contributed by atoms with Gasteiger partial charge >= 0.3 is 5.97 Å². The van der Waals surface area contributed by atoms with E-state index in [4.69, 9.17) is 5.11 Å². The van der Waals surface area contributed by atoms with Crippen molar-refractivity contribution < 1.29 is 14.7 Å². The van der Waals surface area contributed by atoms with Crippen molar-refractivity contribution in [1.82, 2.24) is 5.32 Å². The Morgan fingerprint density at radius 1 is 1.54 bits per heavy atom. The Hall–Kier alpha value is -0.710. The van der Waals surface area contributed by atoms with Crippen LogP contribution in [0.15, 0.2) is 0 Å². The van der Waals surface area contributed by atoms with Crippen LogP contribution >= 0.6 is 11.8 Å². The van der Waals surface area contributed by atoms with Crippen molar-refractivity contribution in [2.45, 2.75) is 13.3 Å². The van der Waals surface area contributed by atoms with Crippen molar-refractivity contribution >= 4 is 23.6 Å². The zero-order chi connectivity index (χ0) is 10.3. The maximum atomic E-state index is 10.7. The van der Waals surface area contributed by atoms with Gasteiger partial charge in [-0.15, -0.1) is 0 Å². The Balaban J connectivity index is 3.35. The first-order valence-corrected chi connectivity index (χ1v) is 5.24. The highest BCUT2D eigenvalue weighted by molar-refractivity contribution is 7.99. The number of hydrogen-bond acceptors (Lipinski definition) is 3. The molecule has 0 aromatic rings. The highest BCUT2D eigenvalue weighted by Gasteiger charge is 2.10. The second-order valence-electron chi connectivity index (χ2n) is 2.74. The summed E-state index contributed by atoms with van der Waals surface area (Å²) >= 11 is 1.49. The second kappa shape index (κ2) is 6.77. The van der Waals surface area contributed by atoms with E-state index in [0.29, 0.717) is 17.9 Å². The summed E-state index contributed by atoms with van der Waals surface area (Å²) < 4.78 is 0. The van der Waals surface area contributed by atoms with Gasteiger partial charge in [-0.05, 0) is 0 Å². The molecule has 13 heavy (non-hydrogen) atoms. The van der Waals surface area contributed by atoms with Gasteiger partial charge in [0.2, 0.25) is 5.91 Å². The minimum Gasteiger partial charge on any atom is -0.481 e. The molecule has 4 nitrogen and oxygen atoms in total. The molecule has 0 aliphatic heterocycles. The van der Waals surface area contributed by atoms with E-state index in [1.165, 1.54) is 11.8 Å². The van der Waals surface area contributed by atoms with Gasteiger partial charge in [0.15, 0.2) is 0 Å². The maximum absolute atomic E-state index is 10.7. The van der Waals surface area contributed by atoms with E-state index in [-0.39, 0.29) is 11.8 Å². The van der Waals surface area contributed by atoms with E-state index in [9.17, 15) is 9.59 Å². The molecule has 5 heteroatoms. The van der Waals surface area contributed by atoms with Gasteiger partial charge in [-0.3, -0.25) is 9.59 Å². The van der Waals surface area contributed by atoms with Crippen LogP contribution in [0.4, 0.5) is 0 Å². The lowest BCUT2D eigenvalue weighted by Crippen LogP contribution is -2.18. The average molecular weight is 205 g/mol. The van der Waals surface area contributed by atoms with Crippen LogP contribution < -0.4 is 5.32 Å². The molecule has 0 radical (unpaired) electrons. The van der Waals surface area contributed by atoms with Crippen molar-refractivity contribution in [2.24, 2.45) is 5.92 Å². The van der Waals surface area contributed by atoms with Crippen molar-refractivity contribution in [1.29, 1.82) is 0 Å². The molecule has 0 rings (SSSR count). The molecule has 0 aliphatic carbocycles. The highest BCUT2D eigenvalue weighted by Crippen LogP contribution is 2.09. The summed E-state index contributed by atoms with van der Waals surface area (Å²) in [7, 11) is 1.59. The fraction of sp³-hybridized carbons (Fsp3) is 0.750. The monoisotopic (exact) mass is 205 g/mol. The Bertz CT molecular complexity index is 184. The molecule has 0 heterocycles. The van der Waals surface area contributed by atoms with E-state index >= 15 is 0 Å². The number of rotatable bonds is 6. The Labute approximate surface area is 82.1 Å². The number of nitrogens with one attached hydrogen (secondary N) is 1. The third-order valence-electron chi connectivity index (χ3n) is 1.54. The number of amides is 1. The van der Waals surface area contributed by atoms with Crippen LogP contribution in [0.5, 0.6) is 0 Å². The summed E-state index contributed by atoms with van der Waals surface area (Å²) in [5, 5.41) is 11.1. The summed E-state index contributed by atoms with van der Waals surface area (Å²) in [6.45, 7) is 1.66. The third-order valence-corrected chi connectivity index (χ3v) is 2.77. The normalized spacial score (nSPS) is 12.2. The summed E-state index contributed by atoms with van der Waals surface area (Å²) in [5.74, 6) is 0.112. The average Bonchev–Trinajstić information content (AvgIpc) is 2.11. The van der Waals surface area contributed by atoms with E-state index in [1.807, 2.05) is 0 Å². The van der Waals surface area contributed by atoms with E-state index in [2.05, 4.69) is 5.32 Å². The van der Waals surface area contributed by atoms with E-state index < -0.39 is 5.97 Å². The van der Waals surface area contributed by atoms with E-state index in [1.54, 1.807) is 14.0 Å². The standard InChI is InChI=1S/C8H15NO3S/c1-6(8(11)12)5-13-4-3-7(10)9-2/h6H,3-5H2,1-2H3,(H,9,10)(H,11,12). The predicted molar refractivity (Wildman–Crippen MR) is 52.8 cm³/mol. The largest absolute Gasteiger partial charge is 0.481 e. The first kappa shape index (κ1) is 12.3. The van der Waals surface area contributed by atoms with Gasteiger partial charge in [0.1, 0.15) is 0 Å². The minimum absolute atomic E-state index is 0.00419. The fourth-order valence-corrected chi connectivity index (χ4v) is 1.61. The van der Waals surface area contributed by atoms with Crippen LogP contribution in [-0.4, -0.2) is 35.5 Å². The van der Waals surface area contributed by atoms with Crippen LogP contribution in [-0.2, 0) is 9.59 Å². The molecular weight excluding hydrogens is 190 g/mol. The molecular formula is C8H15NO3S. The lowest BCUT2D eigenvalue weighted by molar-refractivity contribution is -0.140. The summed E-state index contributed by atoms with van der Waals surface area (Å²) in [6.07, 6.45) is 0.452. The fourth-order valence-electron chi connectivity index (χ4n) is 0.621. The smallest absolute Gasteiger partial charge is 0.307 e.